The number of anilines is 1. The molecule has 9 heteroatoms. The summed E-state index contributed by atoms with van der Waals surface area (Å²) in [5, 5.41) is 2.97. The van der Waals surface area contributed by atoms with Gasteiger partial charge in [-0.1, -0.05) is 24.1 Å². The number of hydrogen-bond acceptors (Lipinski definition) is 6. The molecule has 0 radical (unpaired) electrons. The third kappa shape index (κ3) is 5.09. The Morgan fingerprint density at radius 3 is 2.62 bits per heavy atom. The van der Waals surface area contributed by atoms with Gasteiger partial charge in [0.15, 0.2) is 5.82 Å². The van der Waals surface area contributed by atoms with E-state index < -0.39 is 5.91 Å². The molecule has 4 N–H and O–H groups in total. The minimum atomic E-state index is -0.613. The quantitative estimate of drug-likeness (QED) is 0.352. The summed E-state index contributed by atoms with van der Waals surface area (Å²) in [7, 11) is 0. The van der Waals surface area contributed by atoms with Gasteiger partial charge in [-0.3, -0.25) is 9.59 Å². The Morgan fingerprint density at radius 2 is 1.89 bits per heavy atom. The van der Waals surface area contributed by atoms with E-state index in [2.05, 4.69) is 32.0 Å². The monoisotopic (exact) mass is 494 g/mol. The lowest BCUT2D eigenvalue weighted by Gasteiger charge is -2.34. The largest absolute Gasteiger partial charge is 0.457 e. The molecule has 5 rings (SSSR count). The maximum atomic E-state index is 12.6. The zero-order chi connectivity index (χ0) is 25.8. The van der Waals surface area contributed by atoms with Gasteiger partial charge >= 0.3 is 0 Å². The van der Waals surface area contributed by atoms with Gasteiger partial charge in [0.25, 0.3) is 11.8 Å². The molecule has 9 nitrogen and oxygen atoms in total. The van der Waals surface area contributed by atoms with Gasteiger partial charge in [0.1, 0.15) is 22.5 Å². The number of pyridine rings is 1. The highest BCUT2D eigenvalue weighted by Crippen LogP contribution is 2.34. The average molecular weight is 495 g/mol. The second kappa shape index (κ2) is 10.4. The van der Waals surface area contributed by atoms with E-state index in [0.717, 1.165) is 25.1 Å². The lowest BCUT2D eigenvalue weighted by molar-refractivity contribution is -0.116. The minimum absolute atomic E-state index is 0.0736. The van der Waals surface area contributed by atoms with E-state index in [0.29, 0.717) is 40.4 Å². The summed E-state index contributed by atoms with van der Waals surface area (Å²) >= 11 is 0. The third-order valence-electron chi connectivity index (χ3n) is 6.20. The zero-order valence-electron chi connectivity index (χ0n) is 20.3. The summed E-state index contributed by atoms with van der Waals surface area (Å²) in [5.74, 6) is 6.28. The summed E-state index contributed by atoms with van der Waals surface area (Å²) in [6.07, 6.45) is 3.23. The molecule has 1 fully saturated rings. The first-order valence-corrected chi connectivity index (χ1v) is 12.0. The number of carbonyl (C=O) groups is 2. The molecular formula is C28H26N6O3. The van der Waals surface area contributed by atoms with E-state index in [9.17, 15) is 9.59 Å². The Labute approximate surface area is 214 Å². The number of aromatic nitrogens is 3. The summed E-state index contributed by atoms with van der Waals surface area (Å²) in [6.45, 7) is 2.93. The molecule has 2 aromatic carbocycles. The molecule has 3 heterocycles. The molecule has 1 aliphatic heterocycles. The average Bonchev–Trinajstić information content (AvgIpc) is 3.39. The number of H-pyrrole nitrogens is 1. The molecule has 1 atom stereocenters. The summed E-state index contributed by atoms with van der Waals surface area (Å²) < 4.78 is 5.90. The van der Waals surface area contributed by atoms with Crippen LogP contribution in [0.1, 0.15) is 30.1 Å². The molecule has 4 aromatic rings. The number of ether oxygens (including phenoxy) is 1. The van der Waals surface area contributed by atoms with Crippen molar-refractivity contribution in [2.45, 2.75) is 25.8 Å². The van der Waals surface area contributed by atoms with Crippen molar-refractivity contribution in [1.82, 2.24) is 20.3 Å². The topological polar surface area (TPSA) is 126 Å². The van der Waals surface area contributed by atoms with Crippen LogP contribution in [0.4, 0.5) is 5.82 Å². The molecule has 0 saturated carbocycles. The van der Waals surface area contributed by atoms with Gasteiger partial charge in [0.2, 0.25) is 0 Å². The van der Waals surface area contributed by atoms with Gasteiger partial charge in [0, 0.05) is 24.7 Å². The van der Waals surface area contributed by atoms with E-state index in [4.69, 9.17) is 15.5 Å². The number of nitrogens with one attached hydrogen (secondary N) is 2. The predicted octanol–water partition coefficient (Wildman–Crippen LogP) is 3.62. The minimum Gasteiger partial charge on any atom is -0.457 e. The van der Waals surface area contributed by atoms with Crippen molar-refractivity contribution in [3.8, 4) is 34.6 Å². The summed E-state index contributed by atoms with van der Waals surface area (Å²) in [5.41, 5.74) is 8.29. The van der Waals surface area contributed by atoms with Crippen LogP contribution in [0.5, 0.6) is 11.5 Å². The van der Waals surface area contributed by atoms with E-state index in [1.165, 1.54) is 6.33 Å². The van der Waals surface area contributed by atoms with Crippen molar-refractivity contribution in [2.24, 2.45) is 5.73 Å². The molecule has 2 aromatic heterocycles. The maximum Gasteiger partial charge on any atom is 0.296 e. The number of nitrogens with zero attached hydrogens (tertiary/aromatic N) is 3. The number of carbonyl (C=O) groups excluding carboxylic acids is 2. The highest BCUT2D eigenvalue weighted by molar-refractivity contribution is 6.11. The van der Waals surface area contributed by atoms with Crippen LogP contribution >= 0.6 is 0 Å². The number of amides is 2. The molecule has 2 amide bonds. The van der Waals surface area contributed by atoms with Crippen LogP contribution in [0.2, 0.25) is 0 Å². The Bertz CT molecular complexity index is 1500. The molecule has 1 aliphatic rings. The van der Waals surface area contributed by atoms with E-state index >= 15 is 0 Å². The van der Waals surface area contributed by atoms with Crippen LogP contribution in [0.3, 0.4) is 0 Å². The SMILES string of the molecule is CC#CC(=O)N[C@H]1CCCN(c2nc(-c3ccc(Oc4ccccc4)cc3)c(C(N)=O)c3nc[nH]c23)C1. The first kappa shape index (κ1) is 23.9. The fraction of sp³-hybridized carbons (Fsp3) is 0.214. The van der Waals surface area contributed by atoms with Crippen LogP contribution in [0, 0.1) is 11.8 Å². The van der Waals surface area contributed by atoms with Crippen molar-refractivity contribution >= 4 is 28.7 Å². The molecule has 0 bridgehead atoms. The molecule has 1 saturated heterocycles. The zero-order valence-corrected chi connectivity index (χ0v) is 20.3. The molecule has 37 heavy (non-hydrogen) atoms. The van der Waals surface area contributed by atoms with Gasteiger partial charge < -0.3 is 25.7 Å². The molecule has 0 unspecified atom stereocenters. The van der Waals surface area contributed by atoms with Gasteiger partial charge in [-0.25, -0.2) is 9.97 Å². The first-order valence-electron chi connectivity index (χ1n) is 12.0. The normalized spacial score (nSPS) is 15.1. The maximum absolute atomic E-state index is 12.6. The van der Waals surface area contributed by atoms with Crippen molar-refractivity contribution in [3.05, 3.63) is 66.5 Å². The van der Waals surface area contributed by atoms with Crippen molar-refractivity contribution in [1.29, 1.82) is 0 Å². The number of para-hydroxylation sites is 1. The molecular weight excluding hydrogens is 468 g/mol. The summed E-state index contributed by atoms with van der Waals surface area (Å²) in [4.78, 5) is 39.1. The predicted molar refractivity (Wildman–Crippen MR) is 141 cm³/mol. The lowest BCUT2D eigenvalue weighted by Crippen LogP contribution is -2.48. The fourth-order valence-corrected chi connectivity index (χ4v) is 4.58. The fourth-order valence-electron chi connectivity index (χ4n) is 4.58. The van der Waals surface area contributed by atoms with E-state index in [-0.39, 0.29) is 17.5 Å². The highest BCUT2D eigenvalue weighted by Gasteiger charge is 2.27. The number of primary amides is 1. The summed E-state index contributed by atoms with van der Waals surface area (Å²) in [6, 6.07) is 16.7. The first-order chi connectivity index (χ1) is 18.0. The number of nitrogens with two attached hydrogens (primary N) is 1. The van der Waals surface area contributed by atoms with Crippen molar-refractivity contribution in [3.63, 3.8) is 0 Å². The number of fused-ring (bicyclic) bond motifs is 1. The Morgan fingerprint density at radius 1 is 1.14 bits per heavy atom. The Balaban J connectivity index is 1.51. The second-order valence-corrected chi connectivity index (χ2v) is 8.72. The van der Waals surface area contributed by atoms with E-state index in [1.54, 1.807) is 6.92 Å². The van der Waals surface area contributed by atoms with Crippen LogP contribution in [-0.2, 0) is 4.79 Å². The van der Waals surface area contributed by atoms with E-state index in [1.807, 2.05) is 54.6 Å². The van der Waals surface area contributed by atoms with Gasteiger partial charge in [0.05, 0.1) is 17.6 Å². The van der Waals surface area contributed by atoms with Crippen molar-refractivity contribution < 1.29 is 14.3 Å². The van der Waals surface area contributed by atoms with Gasteiger partial charge in [-0.05, 0) is 62.1 Å². The number of aromatic amines is 1. The standard InChI is InChI=1S/C28H26N6O3/c1-2-7-22(35)32-19-8-6-15-34(16-19)28-26-25(30-17-31-26)23(27(29)36)24(33-28)18-11-13-21(14-12-18)37-20-9-4-3-5-10-20/h3-5,9-14,17,19H,6,8,15-16H2,1H3,(H2,29,36)(H,30,31)(H,32,35)/t19-/m0/s1. The molecule has 186 valence electrons. The van der Waals surface area contributed by atoms with Crippen LogP contribution in [-0.4, -0.2) is 45.9 Å². The molecule has 0 aliphatic carbocycles. The second-order valence-electron chi connectivity index (χ2n) is 8.72. The number of rotatable bonds is 6. The number of imidazole rings is 1. The van der Waals surface area contributed by atoms with Crippen molar-refractivity contribution in [2.75, 3.05) is 18.0 Å². The Hall–Kier alpha value is -4.84. The lowest BCUT2D eigenvalue weighted by atomic mass is 10.0. The molecule has 0 spiro atoms. The van der Waals surface area contributed by atoms with Crippen LogP contribution in [0.15, 0.2) is 60.9 Å². The van der Waals surface area contributed by atoms with Crippen LogP contribution in [0.25, 0.3) is 22.3 Å². The van der Waals surface area contributed by atoms with Gasteiger partial charge in [-0.15, -0.1) is 0 Å². The Kier molecular flexibility index (Phi) is 6.72. The van der Waals surface area contributed by atoms with Crippen LogP contribution < -0.4 is 20.7 Å². The number of piperidine rings is 1. The smallest absolute Gasteiger partial charge is 0.296 e. The highest BCUT2D eigenvalue weighted by atomic mass is 16.5. The third-order valence-corrected chi connectivity index (χ3v) is 6.20. The number of hydrogen-bond donors (Lipinski definition) is 3. The number of benzene rings is 2. The van der Waals surface area contributed by atoms with Gasteiger partial charge in [-0.2, -0.15) is 0 Å².